The van der Waals surface area contributed by atoms with Gasteiger partial charge in [0, 0.05) is 30.2 Å². The van der Waals surface area contributed by atoms with E-state index in [-0.39, 0.29) is 0 Å². The highest BCUT2D eigenvalue weighted by Gasteiger charge is 2.25. The van der Waals surface area contributed by atoms with E-state index >= 15 is 0 Å². The molecule has 0 saturated heterocycles. The molecule has 0 fully saturated rings. The van der Waals surface area contributed by atoms with Crippen molar-refractivity contribution in [1.82, 2.24) is 4.31 Å². The molecule has 1 N–H and O–H groups in total. The Kier molecular flexibility index (Phi) is 4.01. The van der Waals surface area contributed by atoms with Gasteiger partial charge in [0.1, 0.15) is 0 Å². The Hall–Kier alpha value is -1.37. The van der Waals surface area contributed by atoms with E-state index < -0.39 is 10.0 Å². The number of rotatable bonds is 5. The van der Waals surface area contributed by atoms with Crippen LogP contribution in [0.2, 0.25) is 0 Å². The zero-order valence-electron chi connectivity index (χ0n) is 11.9. The topological polar surface area (TPSA) is 49.4 Å². The standard InChI is InChI=1S/C15H18N2O2S2/c1-2-17(11-13-4-3-9-20-13)21(18,19)14-6-5-12-7-8-16-15(12)10-14/h3-6,9-10,16H,2,7-8,11H2,1H3. The molecule has 1 aromatic carbocycles. The van der Waals surface area contributed by atoms with Crippen molar-refractivity contribution in [2.75, 3.05) is 18.4 Å². The van der Waals surface area contributed by atoms with Crippen molar-refractivity contribution in [3.05, 3.63) is 46.2 Å². The average Bonchev–Trinajstić information content (AvgIpc) is 3.14. The van der Waals surface area contributed by atoms with E-state index in [4.69, 9.17) is 0 Å². The first-order valence-corrected chi connectivity index (χ1v) is 9.32. The SMILES string of the molecule is CCN(Cc1cccs1)S(=O)(=O)c1ccc2c(c1)NCC2. The van der Waals surface area contributed by atoms with E-state index in [0.717, 1.165) is 23.5 Å². The number of fused-ring (bicyclic) bond motifs is 1. The number of nitrogens with zero attached hydrogens (tertiary/aromatic N) is 1. The van der Waals surface area contributed by atoms with Gasteiger partial charge in [-0.05, 0) is 35.6 Å². The number of nitrogens with one attached hydrogen (secondary N) is 1. The highest BCUT2D eigenvalue weighted by Crippen LogP contribution is 2.28. The summed E-state index contributed by atoms with van der Waals surface area (Å²) in [6.45, 7) is 3.65. The number of hydrogen-bond acceptors (Lipinski definition) is 4. The Bertz CT molecular complexity index is 724. The second-order valence-corrected chi connectivity index (χ2v) is 7.98. The smallest absolute Gasteiger partial charge is 0.243 e. The third-order valence-corrected chi connectivity index (χ3v) is 6.47. The van der Waals surface area contributed by atoms with Gasteiger partial charge in [-0.1, -0.05) is 19.1 Å². The summed E-state index contributed by atoms with van der Waals surface area (Å²) in [5.74, 6) is 0. The molecule has 0 atom stereocenters. The van der Waals surface area contributed by atoms with Crippen molar-refractivity contribution < 1.29 is 8.42 Å². The van der Waals surface area contributed by atoms with E-state index in [1.54, 1.807) is 23.5 Å². The molecule has 0 saturated carbocycles. The van der Waals surface area contributed by atoms with Crippen LogP contribution < -0.4 is 5.32 Å². The van der Waals surface area contributed by atoms with Crippen molar-refractivity contribution in [2.45, 2.75) is 24.8 Å². The first kappa shape index (κ1) is 14.6. The largest absolute Gasteiger partial charge is 0.384 e. The molecule has 21 heavy (non-hydrogen) atoms. The Labute approximate surface area is 129 Å². The summed E-state index contributed by atoms with van der Waals surface area (Å²) in [6, 6.07) is 9.31. The number of thiophene rings is 1. The minimum absolute atomic E-state index is 0.369. The van der Waals surface area contributed by atoms with Crippen LogP contribution in [0, 0.1) is 0 Å². The molecule has 2 heterocycles. The van der Waals surface area contributed by atoms with Gasteiger partial charge in [0.15, 0.2) is 0 Å². The lowest BCUT2D eigenvalue weighted by molar-refractivity contribution is 0.426. The van der Waals surface area contributed by atoms with Gasteiger partial charge in [0.2, 0.25) is 10.0 Å². The maximum atomic E-state index is 12.8. The second kappa shape index (κ2) is 5.79. The van der Waals surface area contributed by atoms with E-state index in [0.29, 0.717) is 18.0 Å². The number of benzene rings is 1. The Morgan fingerprint density at radius 1 is 1.33 bits per heavy atom. The summed E-state index contributed by atoms with van der Waals surface area (Å²) in [6.07, 6.45) is 0.961. The van der Waals surface area contributed by atoms with Crippen LogP contribution >= 0.6 is 11.3 Å². The minimum atomic E-state index is -3.45. The molecule has 1 aliphatic rings. The first-order chi connectivity index (χ1) is 10.1. The second-order valence-electron chi connectivity index (χ2n) is 5.01. The predicted molar refractivity (Wildman–Crippen MR) is 86.2 cm³/mol. The van der Waals surface area contributed by atoms with Crippen molar-refractivity contribution >= 4 is 27.0 Å². The van der Waals surface area contributed by atoms with Crippen molar-refractivity contribution in [3.63, 3.8) is 0 Å². The summed E-state index contributed by atoms with van der Waals surface area (Å²) in [5.41, 5.74) is 2.14. The van der Waals surface area contributed by atoms with Crippen LogP contribution in [0.25, 0.3) is 0 Å². The molecule has 0 unspecified atom stereocenters. The first-order valence-electron chi connectivity index (χ1n) is 7.00. The van der Waals surface area contributed by atoms with Crippen molar-refractivity contribution in [3.8, 4) is 0 Å². The number of hydrogen-bond donors (Lipinski definition) is 1. The molecule has 4 nitrogen and oxygen atoms in total. The predicted octanol–water partition coefficient (Wildman–Crippen LogP) is 2.93. The van der Waals surface area contributed by atoms with E-state index in [2.05, 4.69) is 5.32 Å². The number of sulfonamides is 1. The lowest BCUT2D eigenvalue weighted by atomic mass is 10.2. The van der Waals surface area contributed by atoms with Gasteiger partial charge in [-0.15, -0.1) is 11.3 Å². The zero-order valence-corrected chi connectivity index (χ0v) is 13.5. The molecule has 0 spiro atoms. The van der Waals surface area contributed by atoms with Gasteiger partial charge in [-0.2, -0.15) is 4.31 Å². The van der Waals surface area contributed by atoms with E-state index in [1.807, 2.05) is 30.5 Å². The van der Waals surface area contributed by atoms with Crippen LogP contribution in [-0.4, -0.2) is 25.8 Å². The monoisotopic (exact) mass is 322 g/mol. The Morgan fingerprint density at radius 2 is 2.19 bits per heavy atom. The molecule has 3 rings (SSSR count). The maximum absolute atomic E-state index is 12.8. The van der Waals surface area contributed by atoms with E-state index in [1.165, 1.54) is 9.87 Å². The van der Waals surface area contributed by atoms with Crippen LogP contribution in [0.5, 0.6) is 0 Å². The normalized spacial score (nSPS) is 14.2. The molecular formula is C15H18N2O2S2. The highest BCUT2D eigenvalue weighted by molar-refractivity contribution is 7.89. The third-order valence-electron chi connectivity index (χ3n) is 3.69. The van der Waals surface area contributed by atoms with Gasteiger partial charge in [0.25, 0.3) is 0 Å². The molecule has 2 aromatic rings. The molecule has 0 aliphatic carbocycles. The fourth-order valence-corrected chi connectivity index (χ4v) is 4.78. The molecule has 112 valence electrons. The molecule has 0 radical (unpaired) electrons. The highest BCUT2D eigenvalue weighted by atomic mass is 32.2. The molecule has 1 aromatic heterocycles. The molecule has 0 amide bonds. The summed E-state index contributed by atoms with van der Waals surface area (Å²) < 4.78 is 27.1. The van der Waals surface area contributed by atoms with Gasteiger partial charge in [-0.3, -0.25) is 0 Å². The van der Waals surface area contributed by atoms with Crippen LogP contribution in [0.4, 0.5) is 5.69 Å². The number of anilines is 1. The summed E-state index contributed by atoms with van der Waals surface area (Å²) in [5, 5.41) is 5.20. The van der Waals surface area contributed by atoms with Gasteiger partial charge in [-0.25, -0.2) is 8.42 Å². The lowest BCUT2D eigenvalue weighted by Gasteiger charge is -2.20. The molecular weight excluding hydrogens is 304 g/mol. The van der Waals surface area contributed by atoms with Crippen LogP contribution in [0.3, 0.4) is 0 Å². The molecule has 0 bridgehead atoms. The van der Waals surface area contributed by atoms with E-state index in [9.17, 15) is 8.42 Å². The van der Waals surface area contributed by atoms with Crippen LogP contribution in [-0.2, 0) is 23.0 Å². The quantitative estimate of drug-likeness (QED) is 0.921. The zero-order chi connectivity index (χ0) is 14.9. The van der Waals surface area contributed by atoms with Gasteiger partial charge < -0.3 is 5.32 Å². The van der Waals surface area contributed by atoms with Crippen molar-refractivity contribution in [2.24, 2.45) is 0 Å². The lowest BCUT2D eigenvalue weighted by Crippen LogP contribution is -2.30. The Morgan fingerprint density at radius 3 is 2.90 bits per heavy atom. The van der Waals surface area contributed by atoms with Gasteiger partial charge in [0.05, 0.1) is 4.90 Å². The van der Waals surface area contributed by atoms with Crippen LogP contribution in [0.15, 0.2) is 40.6 Å². The van der Waals surface area contributed by atoms with Gasteiger partial charge >= 0.3 is 0 Å². The Balaban J connectivity index is 1.91. The fraction of sp³-hybridized carbons (Fsp3) is 0.333. The summed E-state index contributed by atoms with van der Waals surface area (Å²) in [4.78, 5) is 1.42. The summed E-state index contributed by atoms with van der Waals surface area (Å²) >= 11 is 1.58. The maximum Gasteiger partial charge on any atom is 0.243 e. The fourth-order valence-electron chi connectivity index (χ4n) is 2.52. The summed E-state index contributed by atoms with van der Waals surface area (Å²) in [7, 11) is -3.45. The molecule has 6 heteroatoms. The molecule has 1 aliphatic heterocycles. The van der Waals surface area contributed by atoms with Crippen LogP contribution in [0.1, 0.15) is 17.4 Å². The minimum Gasteiger partial charge on any atom is -0.384 e. The third kappa shape index (κ3) is 2.84. The average molecular weight is 322 g/mol. The van der Waals surface area contributed by atoms with Crippen molar-refractivity contribution in [1.29, 1.82) is 0 Å².